The van der Waals surface area contributed by atoms with Crippen LogP contribution in [0, 0.1) is 29.6 Å². The average molecular weight is 453 g/mol. The van der Waals surface area contributed by atoms with Crippen LogP contribution in [0.1, 0.15) is 48.9 Å². The Labute approximate surface area is 204 Å². The normalized spacial score (nSPS) is 17.3. The smallest absolute Gasteiger partial charge is 0.335 e. The van der Waals surface area contributed by atoms with Crippen LogP contribution in [-0.2, 0) is 0 Å². The van der Waals surface area contributed by atoms with Crippen molar-refractivity contribution < 1.29 is 14.7 Å². The van der Waals surface area contributed by atoms with Crippen molar-refractivity contribution in [3.63, 3.8) is 0 Å². The molecule has 0 radical (unpaired) electrons. The average Bonchev–Trinajstić information content (AvgIpc) is 2.91. The predicted octanol–water partition coefficient (Wildman–Crippen LogP) is 5.89. The fourth-order valence-corrected chi connectivity index (χ4v) is 4.39. The lowest BCUT2D eigenvalue weighted by Gasteiger charge is -2.32. The summed E-state index contributed by atoms with van der Waals surface area (Å²) in [7, 11) is 0. The minimum absolute atomic E-state index is 0.0338. The maximum absolute atomic E-state index is 11.1. The zero-order valence-corrected chi connectivity index (χ0v) is 18.7. The molecule has 3 aromatic carbocycles. The van der Waals surface area contributed by atoms with Gasteiger partial charge in [-0.3, -0.25) is 4.79 Å². The zero-order valence-electron chi connectivity index (χ0n) is 18.7. The van der Waals surface area contributed by atoms with Crippen molar-refractivity contribution in [1.29, 1.82) is 0 Å². The van der Waals surface area contributed by atoms with Gasteiger partial charge in [0.1, 0.15) is 6.29 Å². The summed E-state index contributed by atoms with van der Waals surface area (Å²) in [5, 5.41) is 9.13. The van der Waals surface area contributed by atoms with E-state index in [2.05, 4.69) is 48.0 Å². The standard InChI is InChI=1S/C32H20O3/c33-21-24-11-9-22(10-12-24)15-19-30-26-5-1-3-7-28(26)31(29-8-4-2-6-27(29)30)20-16-23-13-17-25(18-14-23)32(34)35/h1-14,17-18,21,26,30H,(H,34,35). The van der Waals surface area contributed by atoms with E-state index in [1.54, 1.807) is 36.4 Å². The first-order chi connectivity index (χ1) is 17.1. The van der Waals surface area contributed by atoms with Gasteiger partial charge in [-0.05, 0) is 53.1 Å². The fraction of sp³-hybridized carbons (Fsp3) is 0.0625. The second-order valence-electron chi connectivity index (χ2n) is 8.31. The number of carbonyl (C=O) groups excluding carboxylic acids is 1. The molecule has 35 heavy (non-hydrogen) atoms. The number of carbonyl (C=O) groups is 2. The lowest BCUT2D eigenvalue weighted by molar-refractivity contribution is 0.0696. The quantitative estimate of drug-likeness (QED) is 0.389. The van der Waals surface area contributed by atoms with E-state index in [0.29, 0.717) is 5.56 Å². The van der Waals surface area contributed by atoms with Crippen LogP contribution in [0.5, 0.6) is 0 Å². The van der Waals surface area contributed by atoms with Gasteiger partial charge in [0.05, 0.1) is 11.5 Å². The van der Waals surface area contributed by atoms with Crippen molar-refractivity contribution in [2.75, 3.05) is 0 Å². The number of aldehydes is 1. The van der Waals surface area contributed by atoms with Crippen LogP contribution in [-0.4, -0.2) is 17.4 Å². The molecule has 0 aromatic heterocycles. The highest BCUT2D eigenvalue weighted by Crippen LogP contribution is 2.44. The summed E-state index contributed by atoms with van der Waals surface area (Å²) in [5.41, 5.74) is 6.76. The molecule has 0 fully saturated rings. The number of carboxylic acids is 1. The molecule has 2 atom stereocenters. The Morgan fingerprint density at radius 3 is 2.29 bits per heavy atom. The van der Waals surface area contributed by atoms with E-state index in [0.717, 1.165) is 39.7 Å². The van der Waals surface area contributed by atoms with Crippen molar-refractivity contribution >= 4 is 17.8 Å². The molecule has 2 aliphatic carbocycles. The third-order valence-corrected chi connectivity index (χ3v) is 6.16. The first-order valence-corrected chi connectivity index (χ1v) is 11.2. The van der Waals surface area contributed by atoms with E-state index in [4.69, 9.17) is 5.11 Å². The molecular weight excluding hydrogens is 432 g/mol. The van der Waals surface area contributed by atoms with E-state index >= 15 is 0 Å². The molecule has 0 bridgehead atoms. The highest BCUT2D eigenvalue weighted by atomic mass is 16.4. The van der Waals surface area contributed by atoms with Crippen molar-refractivity contribution in [3.05, 3.63) is 136 Å². The number of aromatic carboxylic acids is 1. The molecule has 2 unspecified atom stereocenters. The number of carboxylic acid groups (broad SMARTS) is 1. The maximum Gasteiger partial charge on any atom is 0.335 e. The van der Waals surface area contributed by atoms with Crippen LogP contribution >= 0.6 is 0 Å². The molecule has 1 N–H and O–H groups in total. The van der Waals surface area contributed by atoms with Crippen molar-refractivity contribution in [2.24, 2.45) is 5.92 Å². The molecule has 5 rings (SSSR count). The molecule has 0 amide bonds. The third-order valence-electron chi connectivity index (χ3n) is 6.16. The van der Waals surface area contributed by atoms with E-state index in [1.807, 2.05) is 36.4 Å². The van der Waals surface area contributed by atoms with Gasteiger partial charge in [0.2, 0.25) is 0 Å². The van der Waals surface area contributed by atoms with E-state index in [1.165, 1.54) is 0 Å². The Kier molecular flexibility index (Phi) is 6.00. The molecule has 166 valence electrons. The number of allylic oxidation sites excluding steroid dienone is 6. The van der Waals surface area contributed by atoms with Gasteiger partial charge in [-0.1, -0.05) is 84.4 Å². The highest BCUT2D eigenvalue weighted by molar-refractivity contribution is 5.89. The number of rotatable bonds is 2. The second-order valence-corrected chi connectivity index (χ2v) is 8.31. The number of hydrogen-bond donors (Lipinski definition) is 1. The minimum Gasteiger partial charge on any atom is -0.478 e. The number of fused-ring (bicyclic) bond motifs is 2. The van der Waals surface area contributed by atoms with Crippen molar-refractivity contribution in [2.45, 2.75) is 5.92 Å². The molecule has 0 aliphatic heterocycles. The molecule has 0 saturated heterocycles. The van der Waals surface area contributed by atoms with Crippen LogP contribution in [0.3, 0.4) is 0 Å². The van der Waals surface area contributed by atoms with Crippen LogP contribution in [0.25, 0.3) is 5.57 Å². The van der Waals surface area contributed by atoms with Gasteiger partial charge in [-0.2, -0.15) is 0 Å². The molecule has 3 nitrogen and oxygen atoms in total. The summed E-state index contributed by atoms with van der Waals surface area (Å²) < 4.78 is 0. The van der Waals surface area contributed by atoms with E-state index in [9.17, 15) is 9.59 Å². The summed E-state index contributed by atoms with van der Waals surface area (Å²) in [6, 6.07) is 22.1. The molecule has 0 heterocycles. The van der Waals surface area contributed by atoms with Crippen LogP contribution in [0.2, 0.25) is 0 Å². The Morgan fingerprint density at radius 1 is 0.829 bits per heavy atom. The minimum atomic E-state index is -0.954. The summed E-state index contributed by atoms with van der Waals surface area (Å²) in [4.78, 5) is 22.1. The molecule has 3 heteroatoms. The van der Waals surface area contributed by atoms with Crippen molar-refractivity contribution in [1.82, 2.24) is 0 Å². The van der Waals surface area contributed by atoms with Gasteiger partial charge >= 0.3 is 5.97 Å². The van der Waals surface area contributed by atoms with Gasteiger partial charge < -0.3 is 5.11 Å². The third kappa shape index (κ3) is 4.49. The molecule has 2 aliphatic rings. The van der Waals surface area contributed by atoms with Gasteiger partial charge in [-0.15, -0.1) is 0 Å². The van der Waals surface area contributed by atoms with Gasteiger partial charge in [-0.25, -0.2) is 4.79 Å². The summed E-state index contributed by atoms with van der Waals surface area (Å²) in [6.45, 7) is 0. The highest BCUT2D eigenvalue weighted by Gasteiger charge is 2.32. The molecule has 3 aromatic rings. The summed E-state index contributed by atoms with van der Waals surface area (Å²) in [6.07, 6.45) is 9.17. The molecule has 0 saturated carbocycles. The topological polar surface area (TPSA) is 54.4 Å². The Hall–Kier alpha value is -4.86. The van der Waals surface area contributed by atoms with Gasteiger partial charge in [0, 0.05) is 28.2 Å². The largest absolute Gasteiger partial charge is 0.478 e. The molecule has 0 spiro atoms. The fourth-order valence-electron chi connectivity index (χ4n) is 4.39. The maximum atomic E-state index is 11.1. The molecular formula is C32H20O3. The predicted molar refractivity (Wildman–Crippen MR) is 137 cm³/mol. The first-order valence-electron chi connectivity index (χ1n) is 11.2. The van der Waals surface area contributed by atoms with Crippen LogP contribution < -0.4 is 0 Å². The first kappa shape index (κ1) is 22.0. The van der Waals surface area contributed by atoms with E-state index < -0.39 is 5.97 Å². The van der Waals surface area contributed by atoms with Crippen molar-refractivity contribution in [3.8, 4) is 23.7 Å². The van der Waals surface area contributed by atoms with E-state index in [-0.39, 0.29) is 17.4 Å². The SMILES string of the molecule is O=Cc1ccc(C#CC2c3ccccc3C(C#Cc3ccc(C(=O)O)cc3)=C3C=CC=CC32)cc1. The zero-order chi connectivity index (χ0) is 24.2. The monoisotopic (exact) mass is 452 g/mol. The van der Waals surface area contributed by atoms with Crippen LogP contribution in [0.15, 0.2) is 103 Å². The Balaban J connectivity index is 1.56. The lowest BCUT2D eigenvalue weighted by atomic mass is 9.70. The number of hydrogen-bond acceptors (Lipinski definition) is 2. The summed E-state index contributed by atoms with van der Waals surface area (Å²) >= 11 is 0. The Bertz CT molecular complexity index is 1530. The van der Waals surface area contributed by atoms with Crippen LogP contribution in [0.4, 0.5) is 0 Å². The number of benzene rings is 3. The lowest BCUT2D eigenvalue weighted by Crippen LogP contribution is -2.20. The van der Waals surface area contributed by atoms with Gasteiger partial charge in [0.15, 0.2) is 0 Å². The second kappa shape index (κ2) is 9.56. The van der Waals surface area contributed by atoms with Gasteiger partial charge in [0.25, 0.3) is 0 Å². The Morgan fingerprint density at radius 2 is 1.54 bits per heavy atom. The summed E-state index contributed by atoms with van der Waals surface area (Å²) in [5.74, 6) is 12.4.